The lowest BCUT2D eigenvalue weighted by atomic mass is 10.0. The summed E-state index contributed by atoms with van der Waals surface area (Å²) in [6.45, 7) is 5.88. The summed E-state index contributed by atoms with van der Waals surface area (Å²) in [4.78, 5) is 24.8. The molecule has 0 atom stereocenters. The van der Waals surface area contributed by atoms with Gasteiger partial charge in [0.1, 0.15) is 5.41 Å². The Labute approximate surface area is 129 Å². The van der Waals surface area contributed by atoms with Crippen LogP contribution in [0, 0.1) is 5.41 Å². The molecule has 0 saturated heterocycles. The van der Waals surface area contributed by atoms with Gasteiger partial charge in [-0.05, 0) is 45.7 Å². The highest BCUT2D eigenvalue weighted by Gasteiger charge is 2.57. The van der Waals surface area contributed by atoms with Crippen molar-refractivity contribution in [1.82, 2.24) is 5.32 Å². The maximum absolute atomic E-state index is 12.5. The summed E-state index contributed by atoms with van der Waals surface area (Å²) >= 11 is 0. The molecule has 6 nitrogen and oxygen atoms in total. The van der Waals surface area contributed by atoms with Crippen molar-refractivity contribution >= 4 is 17.5 Å². The molecule has 6 heteroatoms. The number of hydrogen-bond acceptors (Lipinski definition) is 4. The zero-order chi connectivity index (χ0) is 16.0. The van der Waals surface area contributed by atoms with Gasteiger partial charge >= 0.3 is 0 Å². The van der Waals surface area contributed by atoms with Crippen molar-refractivity contribution < 1.29 is 19.1 Å². The van der Waals surface area contributed by atoms with E-state index in [0.717, 1.165) is 0 Å². The summed E-state index contributed by atoms with van der Waals surface area (Å²) in [7, 11) is 0. The second-order valence-electron chi connectivity index (χ2n) is 6.81. The molecule has 0 unspecified atom stereocenters. The van der Waals surface area contributed by atoms with Crippen molar-refractivity contribution in [3.05, 3.63) is 18.2 Å². The van der Waals surface area contributed by atoms with Crippen molar-refractivity contribution in [2.75, 3.05) is 12.1 Å². The number of nitrogens with one attached hydrogen (secondary N) is 2. The van der Waals surface area contributed by atoms with Crippen LogP contribution in [0.5, 0.6) is 11.5 Å². The molecule has 1 aliphatic carbocycles. The molecule has 118 valence electrons. The Morgan fingerprint density at radius 3 is 2.41 bits per heavy atom. The molecule has 1 saturated carbocycles. The van der Waals surface area contributed by atoms with Crippen LogP contribution in [-0.4, -0.2) is 24.1 Å². The summed E-state index contributed by atoms with van der Waals surface area (Å²) in [5.41, 5.74) is -0.695. The molecule has 2 N–H and O–H groups in total. The van der Waals surface area contributed by atoms with Gasteiger partial charge in [-0.3, -0.25) is 9.59 Å². The minimum Gasteiger partial charge on any atom is -0.454 e. The van der Waals surface area contributed by atoms with E-state index in [4.69, 9.17) is 9.47 Å². The Balaban J connectivity index is 1.70. The van der Waals surface area contributed by atoms with Gasteiger partial charge in [0.25, 0.3) is 0 Å². The molecule has 3 rings (SSSR count). The number of anilines is 1. The lowest BCUT2D eigenvalue weighted by molar-refractivity contribution is -0.135. The van der Waals surface area contributed by atoms with E-state index in [9.17, 15) is 9.59 Å². The second kappa shape index (κ2) is 4.90. The largest absolute Gasteiger partial charge is 0.454 e. The number of carbonyl (C=O) groups is 2. The molecule has 0 bridgehead atoms. The highest BCUT2D eigenvalue weighted by Crippen LogP contribution is 2.47. The van der Waals surface area contributed by atoms with Crippen LogP contribution in [0.4, 0.5) is 5.69 Å². The Hall–Kier alpha value is -2.24. The molecular formula is C16H20N2O4. The highest BCUT2D eigenvalue weighted by molar-refractivity contribution is 6.13. The summed E-state index contributed by atoms with van der Waals surface area (Å²) in [5.74, 6) is 0.776. The van der Waals surface area contributed by atoms with E-state index in [2.05, 4.69) is 10.6 Å². The van der Waals surface area contributed by atoms with Crippen LogP contribution in [0.1, 0.15) is 33.6 Å². The van der Waals surface area contributed by atoms with Crippen LogP contribution < -0.4 is 20.1 Å². The lowest BCUT2D eigenvalue weighted by Gasteiger charge is -2.24. The van der Waals surface area contributed by atoms with E-state index in [-0.39, 0.29) is 24.1 Å². The number of carbonyl (C=O) groups excluding carboxylic acids is 2. The molecular weight excluding hydrogens is 284 g/mol. The first-order chi connectivity index (χ1) is 10.3. The lowest BCUT2D eigenvalue weighted by Crippen LogP contribution is -2.48. The molecule has 1 aliphatic heterocycles. The van der Waals surface area contributed by atoms with Crippen molar-refractivity contribution in [1.29, 1.82) is 0 Å². The predicted molar refractivity (Wildman–Crippen MR) is 80.8 cm³/mol. The Kier molecular flexibility index (Phi) is 3.27. The zero-order valence-electron chi connectivity index (χ0n) is 13.0. The Morgan fingerprint density at radius 2 is 1.77 bits per heavy atom. The smallest absolute Gasteiger partial charge is 0.240 e. The van der Waals surface area contributed by atoms with Gasteiger partial charge in [-0.25, -0.2) is 0 Å². The molecule has 2 amide bonds. The fraction of sp³-hybridized carbons (Fsp3) is 0.500. The highest BCUT2D eigenvalue weighted by atomic mass is 16.7. The van der Waals surface area contributed by atoms with Gasteiger partial charge < -0.3 is 20.1 Å². The standard InChI is InChI=1S/C16H20N2O4/c1-15(2,3)18-14(20)16(6-7-16)13(19)17-10-4-5-11-12(8-10)22-9-21-11/h4-5,8H,6-7,9H2,1-3H3,(H,17,19)(H,18,20). The monoisotopic (exact) mass is 304 g/mol. The van der Waals surface area contributed by atoms with Crippen LogP contribution in [0.2, 0.25) is 0 Å². The Bertz CT molecular complexity index is 630. The SMILES string of the molecule is CC(C)(C)NC(=O)C1(C(=O)Nc2ccc3c(c2)OCO3)CC1. The molecule has 0 radical (unpaired) electrons. The number of benzene rings is 1. The van der Waals surface area contributed by atoms with E-state index >= 15 is 0 Å². The molecule has 2 aliphatic rings. The summed E-state index contributed by atoms with van der Waals surface area (Å²) in [5, 5.41) is 5.69. The van der Waals surface area contributed by atoms with Gasteiger partial charge in [0.15, 0.2) is 11.5 Å². The van der Waals surface area contributed by atoms with E-state index < -0.39 is 5.41 Å². The van der Waals surface area contributed by atoms with E-state index in [0.29, 0.717) is 30.0 Å². The normalized spacial score (nSPS) is 17.8. The van der Waals surface area contributed by atoms with Crippen LogP contribution in [-0.2, 0) is 9.59 Å². The topological polar surface area (TPSA) is 76.7 Å². The van der Waals surface area contributed by atoms with E-state index in [1.807, 2.05) is 20.8 Å². The first kappa shape index (κ1) is 14.7. The van der Waals surface area contributed by atoms with Crippen molar-refractivity contribution in [2.24, 2.45) is 5.41 Å². The molecule has 1 aromatic carbocycles. The number of hydrogen-bond donors (Lipinski definition) is 2. The van der Waals surface area contributed by atoms with Crippen molar-refractivity contribution in [3.8, 4) is 11.5 Å². The van der Waals surface area contributed by atoms with Gasteiger partial charge in [0, 0.05) is 17.3 Å². The molecule has 1 aromatic rings. The number of fused-ring (bicyclic) bond motifs is 1. The van der Waals surface area contributed by atoms with Crippen LogP contribution in [0.25, 0.3) is 0 Å². The predicted octanol–water partition coefficient (Wildman–Crippen LogP) is 2.05. The quantitative estimate of drug-likeness (QED) is 0.838. The molecule has 1 fully saturated rings. The minimum absolute atomic E-state index is 0.185. The average molecular weight is 304 g/mol. The summed E-state index contributed by atoms with van der Waals surface area (Å²) in [6.07, 6.45) is 1.15. The third-order valence-corrected chi connectivity index (χ3v) is 3.74. The maximum atomic E-state index is 12.5. The van der Waals surface area contributed by atoms with Crippen LogP contribution in [0.3, 0.4) is 0 Å². The third kappa shape index (κ3) is 2.73. The fourth-order valence-corrected chi connectivity index (χ4v) is 2.37. The van der Waals surface area contributed by atoms with Crippen molar-refractivity contribution in [2.45, 2.75) is 39.2 Å². The van der Waals surface area contributed by atoms with Gasteiger partial charge in [0.2, 0.25) is 18.6 Å². The van der Waals surface area contributed by atoms with Gasteiger partial charge in [-0.15, -0.1) is 0 Å². The maximum Gasteiger partial charge on any atom is 0.240 e. The third-order valence-electron chi connectivity index (χ3n) is 3.74. The molecule has 1 heterocycles. The summed E-state index contributed by atoms with van der Waals surface area (Å²) < 4.78 is 10.5. The zero-order valence-corrected chi connectivity index (χ0v) is 13.0. The number of rotatable bonds is 3. The summed E-state index contributed by atoms with van der Waals surface area (Å²) in [6, 6.07) is 5.19. The minimum atomic E-state index is -0.941. The first-order valence-electron chi connectivity index (χ1n) is 7.34. The second-order valence-corrected chi connectivity index (χ2v) is 6.81. The first-order valence-corrected chi connectivity index (χ1v) is 7.34. The molecule has 0 aromatic heterocycles. The van der Waals surface area contributed by atoms with E-state index in [1.54, 1.807) is 18.2 Å². The average Bonchev–Trinajstić information content (AvgIpc) is 3.10. The van der Waals surface area contributed by atoms with Gasteiger partial charge in [-0.2, -0.15) is 0 Å². The molecule has 0 spiro atoms. The van der Waals surface area contributed by atoms with Crippen molar-refractivity contribution in [3.63, 3.8) is 0 Å². The number of amides is 2. The fourth-order valence-electron chi connectivity index (χ4n) is 2.37. The van der Waals surface area contributed by atoms with Crippen LogP contribution >= 0.6 is 0 Å². The Morgan fingerprint density at radius 1 is 1.09 bits per heavy atom. The number of ether oxygens (including phenoxy) is 2. The molecule has 22 heavy (non-hydrogen) atoms. The van der Waals surface area contributed by atoms with E-state index in [1.165, 1.54) is 0 Å². The van der Waals surface area contributed by atoms with Gasteiger partial charge in [-0.1, -0.05) is 0 Å². The van der Waals surface area contributed by atoms with Gasteiger partial charge in [0.05, 0.1) is 0 Å². The van der Waals surface area contributed by atoms with Crippen LogP contribution in [0.15, 0.2) is 18.2 Å².